The number of carboxylic acids is 1. The minimum Gasteiger partial charge on any atom is -0.481 e. The summed E-state index contributed by atoms with van der Waals surface area (Å²) >= 11 is 0. The van der Waals surface area contributed by atoms with Crippen LogP contribution in [0.15, 0.2) is 16.3 Å². The number of carbonyl (C=O) groups excluding carboxylic acids is 1. The van der Waals surface area contributed by atoms with E-state index < -0.39 is 17.9 Å². The number of allylic oxidation sites excluding steroid dienone is 1. The zero-order valence-electron chi connectivity index (χ0n) is 8.90. The van der Waals surface area contributed by atoms with Crippen LogP contribution in [0.1, 0.15) is 20.3 Å². The molecule has 0 fully saturated rings. The van der Waals surface area contributed by atoms with Gasteiger partial charge in [0.15, 0.2) is 0 Å². The Balaban J connectivity index is 3.04. The molecule has 0 aromatic heterocycles. The summed E-state index contributed by atoms with van der Waals surface area (Å²) < 4.78 is 4.56. The van der Waals surface area contributed by atoms with Gasteiger partial charge in [0, 0.05) is 11.4 Å². The minimum absolute atomic E-state index is 0.156. The molecule has 0 spiro atoms. The summed E-state index contributed by atoms with van der Waals surface area (Å²) in [4.78, 5) is 26.2. The maximum atomic E-state index is 11.3. The third-order valence-corrected chi connectivity index (χ3v) is 2.42. The molecular formula is C10H13NO4. The highest BCUT2D eigenvalue weighted by molar-refractivity contribution is 6.04. The second-order valence-corrected chi connectivity index (χ2v) is 3.40. The van der Waals surface area contributed by atoms with Crippen LogP contribution in [0.4, 0.5) is 0 Å². The molecule has 0 aliphatic carbocycles. The molecule has 82 valence electrons. The summed E-state index contributed by atoms with van der Waals surface area (Å²) in [6, 6.07) is 0. The first-order chi connectivity index (χ1) is 6.97. The van der Waals surface area contributed by atoms with Gasteiger partial charge in [-0.1, -0.05) is 0 Å². The van der Waals surface area contributed by atoms with E-state index >= 15 is 0 Å². The zero-order valence-corrected chi connectivity index (χ0v) is 8.90. The molecule has 15 heavy (non-hydrogen) atoms. The fourth-order valence-electron chi connectivity index (χ4n) is 1.53. The Bertz CT molecular complexity index is 368. The lowest BCUT2D eigenvalue weighted by Gasteiger charge is -2.19. The molecule has 1 aliphatic heterocycles. The van der Waals surface area contributed by atoms with Gasteiger partial charge < -0.3 is 9.84 Å². The molecule has 1 atom stereocenters. The van der Waals surface area contributed by atoms with Crippen molar-refractivity contribution in [2.24, 2.45) is 10.9 Å². The molecule has 1 rings (SSSR count). The lowest BCUT2D eigenvalue weighted by atomic mass is 9.91. The van der Waals surface area contributed by atoms with Crippen molar-refractivity contribution in [3.8, 4) is 0 Å². The van der Waals surface area contributed by atoms with E-state index in [4.69, 9.17) is 5.11 Å². The van der Waals surface area contributed by atoms with Crippen molar-refractivity contribution in [2.45, 2.75) is 20.3 Å². The number of esters is 1. The summed E-state index contributed by atoms with van der Waals surface area (Å²) in [5, 5.41) is 8.91. The molecule has 0 bridgehead atoms. The van der Waals surface area contributed by atoms with Gasteiger partial charge in [-0.05, 0) is 20.3 Å². The van der Waals surface area contributed by atoms with E-state index in [1.807, 2.05) is 0 Å². The Hall–Kier alpha value is -1.65. The number of carboxylic acid groups (broad SMARTS) is 1. The molecule has 0 saturated carbocycles. The third kappa shape index (κ3) is 2.23. The normalized spacial score (nSPS) is 21.0. The summed E-state index contributed by atoms with van der Waals surface area (Å²) in [5.74, 6) is -2.19. The molecule has 1 N–H and O–H groups in total. The molecule has 0 radical (unpaired) electrons. The lowest BCUT2D eigenvalue weighted by Crippen LogP contribution is -2.27. The van der Waals surface area contributed by atoms with Crippen LogP contribution >= 0.6 is 0 Å². The van der Waals surface area contributed by atoms with Crippen molar-refractivity contribution in [3.63, 3.8) is 0 Å². The van der Waals surface area contributed by atoms with Crippen molar-refractivity contribution in [2.75, 3.05) is 7.11 Å². The first-order valence-corrected chi connectivity index (χ1v) is 4.53. The largest absolute Gasteiger partial charge is 0.481 e. The van der Waals surface area contributed by atoms with Gasteiger partial charge in [-0.25, -0.2) is 4.79 Å². The second-order valence-electron chi connectivity index (χ2n) is 3.40. The van der Waals surface area contributed by atoms with Gasteiger partial charge in [-0.15, -0.1) is 0 Å². The van der Waals surface area contributed by atoms with Gasteiger partial charge in [0.1, 0.15) is 0 Å². The number of hydrogen-bond donors (Lipinski definition) is 1. The molecule has 0 amide bonds. The summed E-state index contributed by atoms with van der Waals surface area (Å²) in [5.41, 5.74) is 1.40. The maximum Gasteiger partial charge on any atom is 0.335 e. The van der Waals surface area contributed by atoms with Crippen LogP contribution in [-0.2, 0) is 14.3 Å². The fraction of sp³-hybridized carbons (Fsp3) is 0.500. The van der Waals surface area contributed by atoms with Gasteiger partial charge in [-0.2, -0.15) is 0 Å². The predicted molar refractivity (Wildman–Crippen MR) is 53.6 cm³/mol. The summed E-state index contributed by atoms with van der Waals surface area (Å²) in [6.07, 6.45) is 0.156. The van der Waals surface area contributed by atoms with E-state index in [0.717, 1.165) is 0 Å². The topological polar surface area (TPSA) is 76.0 Å². The third-order valence-electron chi connectivity index (χ3n) is 2.42. The Labute approximate surface area is 87.5 Å². The Morgan fingerprint density at radius 2 is 2.07 bits per heavy atom. The predicted octanol–water partition coefficient (Wildman–Crippen LogP) is 0.999. The van der Waals surface area contributed by atoms with E-state index in [0.29, 0.717) is 17.0 Å². The zero-order chi connectivity index (χ0) is 11.6. The Morgan fingerprint density at radius 3 is 2.53 bits per heavy atom. The number of hydrogen-bond acceptors (Lipinski definition) is 4. The van der Waals surface area contributed by atoms with Crippen LogP contribution in [0.25, 0.3) is 0 Å². The minimum atomic E-state index is -0.967. The van der Waals surface area contributed by atoms with Gasteiger partial charge in [0.2, 0.25) is 0 Å². The molecule has 0 aromatic rings. The van der Waals surface area contributed by atoms with Gasteiger partial charge in [-0.3, -0.25) is 9.79 Å². The molecular weight excluding hydrogens is 198 g/mol. The number of aliphatic imine (C=N–C) groups is 1. The van der Waals surface area contributed by atoms with Crippen molar-refractivity contribution in [3.05, 3.63) is 11.3 Å². The molecule has 0 aromatic carbocycles. The van der Waals surface area contributed by atoms with E-state index in [1.165, 1.54) is 7.11 Å². The average Bonchev–Trinajstić information content (AvgIpc) is 2.16. The van der Waals surface area contributed by atoms with E-state index in [1.54, 1.807) is 13.8 Å². The Morgan fingerprint density at radius 1 is 1.47 bits per heavy atom. The number of aliphatic carboxylic acids is 1. The molecule has 1 heterocycles. The summed E-state index contributed by atoms with van der Waals surface area (Å²) in [6.45, 7) is 3.32. The standard InChI is InChI=1S/C10H13NO4/c1-5-7(9(12)13)4-8(6(2)11-5)10(14)15-3/h7H,4H2,1-3H3,(H,12,13). The number of methoxy groups -OCH3 is 1. The lowest BCUT2D eigenvalue weighted by molar-refractivity contribution is -0.139. The molecule has 0 saturated heterocycles. The van der Waals surface area contributed by atoms with Crippen LogP contribution < -0.4 is 0 Å². The van der Waals surface area contributed by atoms with Crippen LogP contribution in [0.2, 0.25) is 0 Å². The van der Waals surface area contributed by atoms with Crippen molar-refractivity contribution >= 4 is 17.7 Å². The Kier molecular flexibility index (Phi) is 3.24. The highest BCUT2D eigenvalue weighted by Gasteiger charge is 2.30. The van der Waals surface area contributed by atoms with Crippen molar-refractivity contribution in [1.29, 1.82) is 0 Å². The maximum absolute atomic E-state index is 11.3. The quantitative estimate of drug-likeness (QED) is 0.691. The second kappa shape index (κ2) is 4.25. The molecule has 5 nitrogen and oxygen atoms in total. The SMILES string of the molecule is COC(=O)C1=C(C)N=C(C)C(C(=O)O)C1. The van der Waals surface area contributed by atoms with Crippen LogP contribution in [0, 0.1) is 5.92 Å². The number of rotatable bonds is 2. The molecule has 1 unspecified atom stereocenters. The van der Waals surface area contributed by atoms with Crippen molar-refractivity contribution < 1.29 is 19.4 Å². The van der Waals surface area contributed by atoms with Gasteiger partial charge >= 0.3 is 11.9 Å². The number of nitrogens with zero attached hydrogens (tertiary/aromatic N) is 1. The smallest absolute Gasteiger partial charge is 0.335 e. The first-order valence-electron chi connectivity index (χ1n) is 4.53. The number of ether oxygens (including phenoxy) is 1. The van der Waals surface area contributed by atoms with E-state index in [2.05, 4.69) is 9.73 Å². The van der Waals surface area contributed by atoms with Crippen molar-refractivity contribution in [1.82, 2.24) is 0 Å². The van der Waals surface area contributed by atoms with Crippen LogP contribution in [0.3, 0.4) is 0 Å². The molecule has 5 heteroatoms. The van der Waals surface area contributed by atoms with Gasteiger partial charge in [0.05, 0.1) is 18.6 Å². The summed E-state index contributed by atoms with van der Waals surface area (Å²) in [7, 11) is 1.27. The average molecular weight is 211 g/mol. The fourth-order valence-corrected chi connectivity index (χ4v) is 1.53. The monoisotopic (exact) mass is 211 g/mol. The first kappa shape index (κ1) is 11.4. The van der Waals surface area contributed by atoms with Crippen LogP contribution in [-0.4, -0.2) is 29.9 Å². The van der Waals surface area contributed by atoms with Crippen LogP contribution in [0.5, 0.6) is 0 Å². The van der Waals surface area contributed by atoms with E-state index in [-0.39, 0.29) is 6.42 Å². The molecule has 1 aliphatic rings. The highest BCUT2D eigenvalue weighted by Crippen LogP contribution is 2.25. The van der Waals surface area contributed by atoms with Gasteiger partial charge in [0.25, 0.3) is 0 Å². The van der Waals surface area contributed by atoms with E-state index in [9.17, 15) is 9.59 Å². The number of carbonyl (C=O) groups is 2. The highest BCUT2D eigenvalue weighted by atomic mass is 16.5.